The fraction of sp³-hybridized carbons (Fsp3) is 0.588. The summed E-state index contributed by atoms with van der Waals surface area (Å²) in [5, 5.41) is 16.4. The third kappa shape index (κ3) is 4.41. The summed E-state index contributed by atoms with van der Waals surface area (Å²) >= 11 is 6.15. The first-order valence-electron chi connectivity index (χ1n) is 8.12. The first-order valence-corrected chi connectivity index (χ1v) is 8.50. The first kappa shape index (κ1) is 19.5. The van der Waals surface area contributed by atoms with Gasteiger partial charge in [-0.3, -0.25) is 4.79 Å². The molecular formula is C17H24Cl2N2O3. The number of aliphatic hydroxyl groups excluding tert-OH is 1. The molecule has 1 aromatic carbocycles. The van der Waals surface area contributed by atoms with E-state index in [1.165, 1.54) is 0 Å². The fourth-order valence-corrected chi connectivity index (χ4v) is 3.63. The van der Waals surface area contributed by atoms with E-state index in [-0.39, 0.29) is 29.8 Å². The van der Waals surface area contributed by atoms with Crippen molar-refractivity contribution in [2.45, 2.75) is 36.8 Å². The smallest absolute Gasteiger partial charge is 0.237 e. The highest BCUT2D eigenvalue weighted by atomic mass is 35.5. The average Bonchev–Trinajstić information content (AvgIpc) is 3.00. The normalized spacial score (nSPS) is 25.8. The fourth-order valence-electron chi connectivity index (χ4n) is 3.44. The predicted molar refractivity (Wildman–Crippen MR) is 95.9 cm³/mol. The van der Waals surface area contributed by atoms with E-state index in [1.54, 1.807) is 0 Å². The molecule has 0 saturated carbocycles. The summed E-state index contributed by atoms with van der Waals surface area (Å²) in [6, 6.07) is 7.56. The number of β-amino-alcohol motifs (C(OH)–C–C–N with tert-alkyl or cyclic N) is 1. The van der Waals surface area contributed by atoms with E-state index in [0.29, 0.717) is 37.7 Å². The van der Waals surface area contributed by atoms with E-state index >= 15 is 0 Å². The van der Waals surface area contributed by atoms with Crippen LogP contribution in [-0.4, -0.2) is 49.5 Å². The Bertz CT molecular complexity index is 565. The third-order valence-corrected chi connectivity index (χ3v) is 5.15. The van der Waals surface area contributed by atoms with E-state index in [0.717, 1.165) is 18.4 Å². The van der Waals surface area contributed by atoms with Gasteiger partial charge < -0.3 is 20.5 Å². The molecule has 2 fully saturated rings. The molecule has 134 valence electrons. The van der Waals surface area contributed by atoms with Gasteiger partial charge in [-0.25, -0.2) is 0 Å². The summed E-state index contributed by atoms with van der Waals surface area (Å²) in [4.78, 5) is 12.3. The quantitative estimate of drug-likeness (QED) is 0.749. The van der Waals surface area contributed by atoms with Crippen LogP contribution in [0.25, 0.3) is 0 Å². The average molecular weight is 375 g/mol. The Morgan fingerprint density at radius 2 is 2.17 bits per heavy atom. The van der Waals surface area contributed by atoms with Gasteiger partial charge in [-0.2, -0.15) is 0 Å². The summed E-state index contributed by atoms with van der Waals surface area (Å²) in [6.45, 7) is 2.40. The molecule has 2 atom stereocenters. The van der Waals surface area contributed by atoms with Crippen molar-refractivity contribution in [2.24, 2.45) is 0 Å². The van der Waals surface area contributed by atoms with E-state index < -0.39 is 6.10 Å². The summed E-state index contributed by atoms with van der Waals surface area (Å²) in [7, 11) is 0. The molecule has 0 aromatic heterocycles. The molecule has 0 radical (unpaired) electrons. The molecule has 0 spiro atoms. The van der Waals surface area contributed by atoms with Crippen LogP contribution in [0.2, 0.25) is 5.02 Å². The number of nitrogens with one attached hydrogen (secondary N) is 2. The van der Waals surface area contributed by atoms with Crippen LogP contribution < -0.4 is 10.6 Å². The number of aliphatic hydroxyl groups is 1. The Morgan fingerprint density at radius 1 is 1.42 bits per heavy atom. The van der Waals surface area contributed by atoms with Crippen molar-refractivity contribution in [1.29, 1.82) is 0 Å². The maximum atomic E-state index is 12.3. The second kappa shape index (κ2) is 8.50. The van der Waals surface area contributed by atoms with Gasteiger partial charge in [0.1, 0.15) is 0 Å². The van der Waals surface area contributed by atoms with Crippen molar-refractivity contribution in [2.75, 3.05) is 26.3 Å². The van der Waals surface area contributed by atoms with Gasteiger partial charge in [0.2, 0.25) is 5.91 Å². The van der Waals surface area contributed by atoms with Gasteiger partial charge in [0, 0.05) is 36.7 Å². The number of amides is 1. The Hall–Kier alpha value is -0.850. The summed E-state index contributed by atoms with van der Waals surface area (Å²) < 4.78 is 5.51. The van der Waals surface area contributed by atoms with Crippen LogP contribution in [0.5, 0.6) is 0 Å². The molecule has 2 saturated heterocycles. The van der Waals surface area contributed by atoms with Crippen molar-refractivity contribution >= 4 is 29.9 Å². The largest absolute Gasteiger partial charge is 0.392 e. The van der Waals surface area contributed by atoms with Crippen molar-refractivity contribution < 1.29 is 14.6 Å². The molecule has 0 aliphatic carbocycles. The van der Waals surface area contributed by atoms with Crippen LogP contribution in [0.3, 0.4) is 0 Å². The van der Waals surface area contributed by atoms with Crippen LogP contribution in [0.1, 0.15) is 24.8 Å². The van der Waals surface area contributed by atoms with Crippen molar-refractivity contribution in [1.82, 2.24) is 10.6 Å². The highest BCUT2D eigenvalue weighted by Gasteiger charge is 2.36. The van der Waals surface area contributed by atoms with Crippen molar-refractivity contribution in [3.05, 3.63) is 34.9 Å². The van der Waals surface area contributed by atoms with Crippen molar-refractivity contribution in [3.63, 3.8) is 0 Å². The minimum atomic E-state index is -0.435. The zero-order chi connectivity index (χ0) is 16.3. The Labute approximate surface area is 153 Å². The molecule has 2 aliphatic heterocycles. The molecular weight excluding hydrogens is 351 g/mol. The van der Waals surface area contributed by atoms with Gasteiger partial charge in [0.15, 0.2) is 0 Å². The highest BCUT2D eigenvalue weighted by molar-refractivity contribution is 6.30. The molecule has 1 amide bonds. The number of ether oxygens (including phenoxy) is 1. The third-order valence-electron chi connectivity index (χ3n) is 4.91. The standard InChI is InChI=1S/C17H23ClN2O3.ClH/c18-13-3-1-2-12(8-13)17(4-6-23-7-5-17)11-20-16(22)15-9-14(21)10-19-15;/h1-3,8,14-15,19,21H,4-7,9-11H2,(H,20,22);1H. The molecule has 24 heavy (non-hydrogen) atoms. The lowest BCUT2D eigenvalue weighted by molar-refractivity contribution is -0.123. The Kier molecular flexibility index (Phi) is 6.89. The molecule has 2 aliphatic rings. The Morgan fingerprint density at radius 3 is 2.79 bits per heavy atom. The minimum absolute atomic E-state index is 0. The summed E-state index contributed by atoms with van der Waals surface area (Å²) in [5.74, 6) is -0.0468. The highest BCUT2D eigenvalue weighted by Crippen LogP contribution is 2.35. The van der Waals surface area contributed by atoms with Gasteiger partial charge >= 0.3 is 0 Å². The van der Waals surface area contributed by atoms with Gasteiger partial charge in [-0.05, 0) is 37.0 Å². The summed E-state index contributed by atoms with van der Waals surface area (Å²) in [5.41, 5.74) is 1.00. The lowest BCUT2D eigenvalue weighted by Gasteiger charge is -2.38. The molecule has 0 bridgehead atoms. The summed E-state index contributed by atoms with van der Waals surface area (Å²) in [6.07, 6.45) is 1.75. The number of hydrogen-bond acceptors (Lipinski definition) is 4. The van der Waals surface area contributed by atoms with Gasteiger partial charge in [-0.15, -0.1) is 12.4 Å². The first-order chi connectivity index (χ1) is 11.1. The minimum Gasteiger partial charge on any atom is -0.392 e. The number of halogens is 2. The number of carbonyl (C=O) groups excluding carboxylic acids is 1. The van der Waals surface area contributed by atoms with E-state index in [9.17, 15) is 9.90 Å². The number of benzene rings is 1. The van der Waals surface area contributed by atoms with Crippen LogP contribution in [0.15, 0.2) is 24.3 Å². The van der Waals surface area contributed by atoms with Crippen LogP contribution in [0.4, 0.5) is 0 Å². The molecule has 1 aromatic rings. The molecule has 2 unspecified atom stereocenters. The predicted octanol–water partition coefficient (Wildman–Crippen LogP) is 1.65. The van der Waals surface area contributed by atoms with Crippen molar-refractivity contribution in [3.8, 4) is 0 Å². The molecule has 3 N–H and O–H groups in total. The van der Waals surface area contributed by atoms with Crippen LogP contribution >= 0.6 is 24.0 Å². The number of rotatable bonds is 4. The van der Waals surface area contributed by atoms with Gasteiger partial charge in [0.05, 0.1) is 12.1 Å². The topological polar surface area (TPSA) is 70.6 Å². The maximum absolute atomic E-state index is 12.3. The van der Waals surface area contributed by atoms with Crippen LogP contribution in [-0.2, 0) is 14.9 Å². The molecule has 2 heterocycles. The van der Waals surface area contributed by atoms with E-state index in [4.69, 9.17) is 16.3 Å². The lowest BCUT2D eigenvalue weighted by Crippen LogP contribution is -2.48. The zero-order valence-corrected chi connectivity index (χ0v) is 15.0. The Balaban J connectivity index is 0.00000208. The zero-order valence-electron chi connectivity index (χ0n) is 13.5. The van der Waals surface area contributed by atoms with Crippen LogP contribution in [0, 0.1) is 0 Å². The maximum Gasteiger partial charge on any atom is 0.237 e. The second-order valence-corrected chi connectivity index (χ2v) is 6.91. The molecule has 7 heteroatoms. The van der Waals surface area contributed by atoms with Gasteiger partial charge in [-0.1, -0.05) is 23.7 Å². The SMILES string of the molecule is Cl.O=C(NCC1(c2cccc(Cl)c2)CCOCC1)C1CC(O)CN1. The number of hydrogen-bond donors (Lipinski definition) is 3. The lowest BCUT2D eigenvalue weighted by atomic mass is 9.74. The second-order valence-electron chi connectivity index (χ2n) is 6.47. The number of carbonyl (C=O) groups is 1. The monoisotopic (exact) mass is 374 g/mol. The molecule has 3 rings (SSSR count). The van der Waals surface area contributed by atoms with Gasteiger partial charge in [0.25, 0.3) is 0 Å². The van der Waals surface area contributed by atoms with E-state index in [1.807, 2.05) is 18.2 Å². The molecule has 5 nitrogen and oxygen atoms in total. The van der Waals surface area contributed by atoms with E-state index in [2.05, 4.69) is 16.7 Å².